The van der Waals surface area contributed by atoms with Crippen LogP contribution < -0.4 is 9.47 Å². The van der Waals surface area contributed by atoms with Gasteiger partial charge in [0.15, 0.2) is 5.79 Å². The minimum Gasteiger partial charge on any atom is -0.496 e. The fourth-order valence-electron chi connectivity index (χ4n) is 6.00. The normalized spacial score (nSPS) is 22.9. The number of carbonyl (C=O) groups is 1. The van der Waals surface area contributed by atoms with Crippen molar-refractivity contribution in [2.45, 2.75) is 76.8 Å². The predicted octanol–water partition coefficient (Wildman–Crippen LogP) is 6.87. The molecule has 0 aliphatic carbocycles. The van der Waals surface area contributed by atoms with Gasteiger partial charge in [0, 0.05) is 11.3 Å². The van der Waals surface area contributed by atoms with E-state index in [1.165, 1.54) is 0 Å². The molecule has 9 heteroatoms. The summed E-state index contributed by atoms with van der Waals surface area (Å²) in [5.74, 6) is 0.651. The van der Waals surface area contributed by atoms with E-state index in [2.05, 4.69) is 18.7 Å². The minimum absolute atomic E-state index is 0.204. The molecule has 0 spiro atoms. The molecular weight excluding hydrogens is 586 g/mol. The molecule has 46 heavy (non-hydrogen) atoms. The van der Waals surface area contributed by atoms with E-state index in [0.717, 1.165) is 33.4 Å². The van der Waals surface area contributed by atoms with Gasteiger partial charge >= 0.3 is 6.09 Å². The van der Waals surface area contributed by atoms with E-state index in [0.29, 0.717) is 39.5 Å². The first-order valence-corrected chi connectivity index (χ1v) is 15.9. The van der Waals surface area contributed by atoms with Gasteiger partial charge in [0.05, 0.1) is 52.2 Å². The number of likely N-dealkylation sites (tertiary alicyclic amines) is 1. The fraction of sp³-hybridized carbons (Fsp3) is 0.486. The molecule has 2 aliphatic rings. The first-order chi connectivity index (χ1) is 21.9. The quantitative estimate of drug-likeness (QED) is 0.212. The van der Waals surface area contributed by atoms with Crippen molar-refractivity contribution in [1.29, 1.82) is 0 Å². The van der Waals surface area contributed by atoms with Crippen molar-refractivity contribution < 1.29 is 38.0 Å². The molecule has 0 saturated carbocycles. The molecule has 4 atom stereocenters. The molecule has 5 rings (SSSR count). The molecule has 9 nitrogen and oxygen atoms in total. The average Bonchev–Trinajstić information content (AvgIpc) is 3.38. The van der Waals surface area contributed by atoms with Crippen LogP contribution in [0.4, 0.5) is 4.79 Å². The second-order valence-electron chi connectivity index (χ2n) is 13.3. The molecular formula is C37H47NO8. The van der Waals surface area contributed by atoms with Crippen LogP contribution in [0.25, 0.3) is 10.8 Å². The highest BCUT2D eigenvalue weighted by atomic mass is 16.7. The van der Waals surface area contributed by atoms with E-state index in [4.69, 9.17) is 33.2 Å². The van der Waals surface area contributed by atoms with Gasteiger partial charge in [0.25, 0.3) is 0 Å². The number of rotatable bonds is 11. The second-order valence-corrected chi connectivity index (χ2v) is 13.3. The molecule has 3 aromatic rings. The number of nitrogens with zero attached hydrogens (tertiary/aromatic N) is 1. The summed E-state index contributed by atoms with van der Waals surface area (Å²) in [4.78, 5) is 15.1. The first kappa shape index (κ1) is 33.7. The lowest BCUT2D eigenvalue weighted by atomic mass is 9.84. The lowest BCUT2D eigenvalue weighted by molar-refractivity contribution is -0.154. The smallest absolute Gasteiger partial charge is 0.410 e. The predicted molar refractivity (Wildman–Crippen MR) is 176 cm³/mol. The Morgan fingerprint density at radius 1 is 1.04 bits per heavy atom. The first-order valence-electron chi connectivity index (χ1n) is 15.9. The van der Waals surface area contributed by atoms with Gasteiger partial charge in [-0.15, -0.1) is 0 Å². The number of ether oxygens (including phenoxy) is 7. The molecule has 3 aromatic carbocycles. The van der Waals surface area contributed by atoms with Crippen LogP contribution in [0.5, 0.6) is 11.5 Å². The number of carbonyl (C=O) groups excluding carboxylic acids is 1. The Bertz CT molecular complexity index is 1480. The van der Waals surface area contributed by atoms with Gasteiger partial charge in [-0.2, -0.15) is 0 Å². The Labute approximate surface area is 272 Å². The highest BCUT2D eigenvalue weighted by Crippen LogP contribution is 2.36. The van der Waals surface area contributed by atoms with Crippen molar-refractivity contribution >= 4 is 16.9 Å². The van der Waals surface area contributed by atoms with E-state index in [1.54, 1.807) is 18.1 Å². The number of benzene rings is 3. The van der Waals surface area contributed by atoms with Crippen molar-refractivity contribution in [3.8, 4) is 11.5 Å². The monoisotopic (exact) mass is 633 g/mol. The third-order valence-electron chi connectivity index (χ3n) is 8.02. The molecule has 0 N–H and O–H groups in total. The summed E-state index contributed by atoms with van der Waals surface area (Å²) in [5.41, 5.74) is 1.34. The SMILES string of the molecule is C=CCOc1ccc(C2C(OC[C@H]3COC(C)(C)O3)CN(C(=O)OC(C)(C)C)C[C@@H]2OCc2cc(OC)c3ccccc3c2)cc1. The number of methoxy groups -OCH3 is 1. The highest BCUT2D eigenvalue weighted by Gasteiger charge is 2.43. The third-order valence-corrected chi connectivity index (χ3v) is 8.02. The van der Waals surface area contributed by atoms with Gasteiger partial charge in [-0.1, -0.05) is 49.1 Å². The summed E-state index contributed by atoms with van der Waals surface area (Å²) in [5, 5.41) is 2.10. The van der Waals surface area contributed by atoms with Gasteiger partial charge < -0.3 is 38.1 Å². The van der Waals surface area contributed by atoms with Crippen LogP contribution in [0.3, 0.4) is 0 Å². The van der Waals surface area contributed by atoms with Gasteiger partial charge in [-0.25, -0.2) is 4.79 Å². The molecule has 0 radical (unpaired) electrons. The van der Waals surface area contributed by atoms with Crippen molar-refractivity contribution in [3.63, 3.8) is 0 Å². The van der Waals surface area contributed by atoms with Crippen LogP contribution in [-0.4, -0.2) is 80.7 Å². The number of piperidine rings is 1. The standard InChI is InChI=1S/C37H47NO8/c1-8-17-41-28-15-13-26(14-16-28)34-32(42-22-25-18-27-11-9-10-12-30(27)31(19-25)40-7)20-38(35(39)46-36(2,3)4)21-33(34)43-23-29-24-44-37(5,6)45-29/h8-16,18-19,29,32-34H,1,17,20-24H2,2-7H3/t29-,32-,33?,34?/m0/s1. The van der Waals surface area contributed by atoms with Crippen LogP contribution in [-0.2, 0) is 30.3 Å². The average molecular weight is 634 g/mol. The summed E-state index contributed by atoms with van der Waals surface area (Å²) < 4.78 is 42.4. The summed E-state index contributed by atoms with van der Waals surface area (Å²) >= 11 is 0. The van der Waals surface area contributed by atoms with E-state index >= 15 is 0 Å². The van der Waals surface area contributed by atoms with Gasteiger partial charge in [-0.3, -0.25) is 0 Å². The molecule has 2 fully saturated rings. The van der Waals surface area contributed by atoms with E-state index < -0.39 is 29.7 Å². The molecule has 2 saturated heterocycles. The summed E-state index contributed by atoms with van der Waals surface area (Å²) in [6, 6.07) is 20.2. The lowest BCUT2D eigenvalue weighted by Gasteiger charge is -2.44. The molecule has 0 bridgehead atoms. The van der Waals surface area contributed by atoms with Crippen LogP contribution in [0.2, 0.25) is 0 Å². The van der Waals surface area contributed by atoms with Crippen LogP contribution in [0.15, 0.2) is 73.3 Å². The zero-order valence-electron chi connectivity index (χ0n) is 27.8. The van der Waals surface area contributed by atoms with Crippen LogP contribution in [0, 0.1) is 0 Å². The van der Waals surface area contributed by atoms with Crippen molar-refractivity contribution in [1.82, 2.24) is 4.90 Å². The Balaban J connectivity index is 1.45. The maximum absolute atomic E-state index is 13.4. The summed E-state index contributed by atoms with van der Waals surface area (Å²) in [6.45, 7) is 15.2. The Morgan fingerprint density at radius 3 is 2.41 bits per heavy atom. The maximum atomic E-state index is 13.4. The largest absolute Gasteiger partial charge is 0.496 e. The van der Waals surface area contributed by atoms with Crippen LogP contribution >= 0.6 is 0 Å². The number of amides is 1. The van der Waals surface area contributed by atoms with Crippen molar-refractivity contribution in [3.05, 3.63) is 84.4 Å². The summed E-state index contributed by atoms with van der Waals surface area (Å²) in [7, 11) is 1.67. The summed E-state index contributed by atoms with van der Waals surface area (Å²) in [6.07, 6.45) is 0.249. The zero-order valence-corrected chi connectivity index (χ0v) is 27.8. The molecule has 248 valence electrons. The van der Waals surface area contributed by atoms with Crippen molar-refractivity contribution in [2.24, 2.45) is 0 Å². The van der Waals surface area contributed by atoms with Crippen molar-refractivity contribution in [2.75, 3.05) is 40.0 Å². The maximum Gasteiger partial charge on any atom is 0.410 e. The molecule has 1 amide bonds. The van der Waals surface area contributed by atoms with Gasteiger partial charge in [0.1, 0.15) is 29.8 Å². The number of fused-ring (bicyclic) bond motifs is 1. The topological polar surface area (TPSA) is 84.9 Å². The van der Waals surface area contributed by atoms with E-state index in [1.807, 2.05) is 83.1 Å². The Morgan fingerprint density at radius 2 is 1.76 bits per heavy atom. The highest BCUT2D eigenvalue weighted by molar-refractivity contribution is 5.89. The van der Waals surface area contributed by atoms with Gasteiger partial charge in [0.2, 0.25) is 0 Å². The number of hydrogen-bond acceptors (Lipinski definition) is 8. The lowest BCUT2D eigenvalue weighted by Crippen LogP contribution is -2.55. The van der Waals surface area contributed by atoms with E-state index in [9.17, 15) is 4.79 Å². The molecule has 2 unspecified atom stereocenters. The Kier molecular flexibility index (Phi) is 10.6. The van der Waals surface area contributed by atoms with Gasteiger partial charge in [-0.05, 0) is 75.4 Å². The molecule has 2 heterocycles. The van der Waals surface area contributed by atoms with Crippen LogP contribution in [0.1, 0.15) is 51.7 Å². The Hall–Kier alpha value is -3.63. The molecule has 0 aromatic heterocycles. The minimum atomic E-state index is -0.670. The zero-order chi connectivity index (χ0) is 32.9. The second kappa shape index (κ2) is 14.4. The third kappa shape index (κ3) is 8.59. The molecule has 2 aliphatic heterocycles. The fourth-order valence-corrected chi connectivity index (χ4v) is 6.00. The number of hydrogen-bond donors (Lipinski definition) is 0. The van der Waals surface area contributed by atoms with E-state index in [-0.39, 0.29) is 12.0 Å².